The molecule has 1 amide bonds. The molecule has 6 nitrogen and oxygen atoms in total. The van der Waals surface area contributed by atoms with Gasteiger partial charge in [0.15, 0.2) is 0 Å². The number of aliphatic hydroxyl groups excluding tert-OH is 2. The van der Waals surface area contributed by atoms with Crippen LogP contribution in [0, 0.1) is 0 Å². The van der Waals surface area contributed by atoms with E-state index >= 15 is 0 Å². The summed E-state index contributed by atoms with van der Waals surface area (Å²) in [6.07, 6.45) is 89.6. The summed E-state index contributed by atoms with van der Waals surface area (Å²) in [5, 5.41) is 23.1. The van der Waals surface area contributed by atoms with Crippen LogP contribution < -0.4 is 5.32 Å². The zero-order valence-electron chi connectivity index (χ0n) is 54.1. The fourth-order valence-electron chi connectivity index (χ4n) is 11.4. The van der Waals surface area contributed by atoms with E-state index in [9.17, 15) is 19.8 Å². The minimum Gasteiger partial charge on any atom is -0.466 e. The first-order valence-corrected chi connectivity index (χ1v) is 36.3. The predicted molar refractivity (Wildman–Crippen MR) is 352 cm³/mol. The first-order valence-electron chi connectivity index (χ1n) is 36.3. The molecule has 0 aliphatic carbocycles. The van der Waals surface area contributed by atoms with Crippen molar-refractivity contribution in [1.29, 1.82) is 0 Å². The lowest BCUT2D eigenvalue weighted by atomic mass is 10.0. The Bertz CT molecular complexity index is 1300. The molecule has 0 aliphatic rings. The van der Waals surface area contributed by atoms with Crippen molar-refractivity contribution in [3.63, 3.8) is 0 Å². The van der Waals surface area contributed by atoms with Gasteiger partial charge in [0.2, 0.25) is 5.91 Å². The Morgan fingerprint density at radius 1 is 0.350 bits per heavy atom. The number of carbonyl (C=O) groups is 2. The van der Waals surface area contributed by atoms with Crippen LogP contribution in [0.4, 0.5) is 0 Å². The second-order valence-electron chi connectivity index (χ2n) is 24.9. The van der Waals surface area contributed by atoms with Crippen molar-refractivity contribution < 1.29 is 24.5 Å². The van der Waals surface area contributed by atoms with Gasteiger partial charge in [-0.25, -0.2) is 0 Å². The Kier molecular flexibility index (Phi) is 67.9. The zero-order chi connectivity index (χ0) is 57.8. The van der Waals surface area contributed by atoms with Gasteiger partial charge in [-0.3, -0.25) is 9.59 Å². The molecule has 0 saturated heterocycles. The highest BCUT2D eigenvalue weighted by Gasteiger charge is 2.18. The summed E-state index contributed by atoms with van der Waals surface area (Å²) >= 11 is 0. The third-order valence-electron chi connectivity index (χ3n) is 16.9. The van der Waals surface area contributed by atoms with Crippen molar-refractivity contribution in [1.82, 2.24) is 5.32 Å². The molecule has 0 bridgehead atoms. The molecule has 0 aliphatic heterocycles. The van der Waals surface area contributed by atoms with Gasteiger partial charge in [-0.2, -0.15) is 0 Å². The quantitative estimate of drug-likeness (QED) is 0.0320. The van der Waals surface area contributed by atoms with Crippen molar-refractivity contribution in [2.75, 3.05) is 13.2 Å². The molecular formula is C74H141NO5. The second kappa shape index (κ2) is 69.6. The Balaban J connectivity index is 3.30. The Morgan fingerprint density at radius 3 is 0.975 bits per heavy atom. The van der Waals surface area contributed by atoms with Crippen LogP contribution in [0.2, 0.25) is 0 Å². The van der Waals surface area contributed by atoms with E-state index in [1.54, 1.807) is 6.08 Å². The number of carbonyl (C=O) groups excluding carboxylic acids is 2. The van der Waals surface area contributed by atoms with E-state index in [1.807, 2.05) is 6.08 Å². The summed E-state index contributed by atoms with van der Waals surface area (Å²) in [6.45, 7) is 4.89. The third kappa shape index (κ3) is 65.2. The van der Waals surface area contributed by atoms with Crippen molar-refractivity contribution in [2.24, 2.45) is 0 Å². The number of hydrogen-bond donors (Lipinski definition) is 3. The molecule has 3 N–H and O–H groups in total. The summed E-state index contributed by atoms with van der Waals surface area (Å²) < 4.78 is 5.51. The van der Waals surface area contributed by atoms with Gasteiger partial charge in [0.05, 0.1) is 25.4 Å². The van der Waals surface area contributed by atoms with Crippen molar-refractivity contribution in [3.05, 3.63) is 36.5 Å². The molecule has 0 aromatic rings. The lowest BCUT2D eigenvalue weighted by Crippen LogP contribution is -2.45. The topological polar surface area (TPSA) is 95.9 Å². The first-order chi connectivity index (χ1) is 39.5. The average Bonchev–Trinajstić information content (AvgIpc) is 3.46. The van der Waals surface area contributed by atoms with Crippen LogP contribution in [-0.2, 0) is 14.3 Å². The van der Waals surface area contributed by atoms with E-state index in [4.69, 9.17) is 4.74 Å². The average molecular weight is 1120 g/mol. The summed E-state index contributed by atoms with van der Waals surface area (Å²) in [5.74, 6) is -0.0449. The lowest BCUT2D eigenvalue weighted by Gasteiger charge is -2.20. The Morgan fingerprint density at radius 2 is 0.625 bits per heavy atom. The highest BCUT2D eigenvalue weighted by Crippen LogP contribution is 2.19. The van der Waals surface area contributed by atoms with Gasteiger partial charge in [-0.15, -0.1) is 0 Å². The van der Waals surface area contributed by atoms with E-state index in [2.05, 4.69) is 43.5 Å². The fraction of sp³-hybridized carbons (Fsp3) is 0.892. The molecule has 0 saturated carbocycles. The maximum absolute atomic E-state index is 12.4. The second-order valence-corrected chi connectivity index (χ2v) is 24.9. The van der Waals surface area contributed by atoms with Crippen LogP contribution in [0.3, 0.4) is 0 Å². The number of ether oxygens (including phenoxy) is 1. The van der Waals surface area contributed by atoms with Crippen molar-refractivity contribution >= 4 is 11.9 Å². The molecule has 2 unspecified atom stereocenters. The maximum Gasteiger partial charge on any atom is 0.305 e. The van der Waals surface area contributed by atoms with E-state index in [0.717, 1.165) is 51.4 Å². The van der Waals surface area contributed by atoms with Crippen LogP contribution in [0.5, 0.6) is 0 Å². The first kappa shape index (κ1) is 78.1. The van der Waals surface area contributed by atoms with E-state index < -0.39 is 12.1 Å². The Hall–Kier alpha value is -1.92. The lowest BCUT2D eigenvalue weighted by molar-refractivity contribution is -0.143. The molecule has 6 heteroatoms. The summed E-state index contributed by atoms with van der Waals surface area (Å²) in [7, 11) is 0. The van der Waals surface area contributed by atoms with E-state index in [-0.39, 0.29) is 18.5 Å². The SMILES string of the molecule is CCCCC/C=C\C/C=C\CCCCCCCCCCCC(=O)OCCCCCCCCCCCCCCCCCCCCCCCCCCCCCCCCCCCC(=O)NC(CO)C(O)/C=C/CCCCCCCCCCC. The minimum absolute atomic E-state index is 0.0180. The number of unbranched alkanes of at least 4 members (excludes halogenated alkanes) is 53. The van der Waals surface area contributed by atoms with E-state index in [1.165, 1.54) is 321 Å². The van der Waals surface area contributed by atoms with Crippen LogP contribution in [0.25, 0.3) is 0 Å². The highest BCUT2D eigenvalue weighted by atomic mass is 16.5. The molecular weight excluding hydrogens is 983 g/mol. The molecule has 0 spiro atoms. The monoisotopic (exact) mass is 1120 g/mol. The molecule has 0 rings (SSSR count). The predicted octanol–water partition coefficient (Wildman–Crippen LogP) is 23.5. The number of hydrogen-bond acceptors (Lipinski definition) is 5. The number of allylic oxidation sites excluding steroid dienone is 5. The van der Waals surface area contributed by atoms with Crippen molar-refractivity contribution in [2.45, 2.75) is 411 Å². The number of amides is 1. The van der Waals surface area contributed by atoms with Gasteiger partial charge in [0.25, 0.3) is 0 Å². The number of nitrogens with one attached hydrogen (secondary N) is 1. The molecule has 0 aromatic heterocycles. The summed E-state index contributed by atoms with van der Waals surface area (Å²) in [5.41, 5.74) is 0. The smallest absolute Gasteiger partial charge is 0.305 e. The van der Waals surface area contributed by atoms with Crippen molar-refractivity contribution in [3.8, 4) is 0 Å². The highest BCUT2D eigenvalue weighted by molar-refractivity contribution is 5.76. The molecule has 0 radical (unpaired) electrons. The van der Waals surface area contributed by atoms with Gasteiger partial charge in [0.1, 0.15) is 0 Å². The number of rotatable bonds is 68. The molecule has 80 heavy (non-hydrogen) atoms. The van der Waals surface area contributed by atoms with Crippen LogP contribution in [0.15, 0.2) is 36.5 Å². The van der Waals surface area contributed by atoms with Crippen LogP contribution in [0.1, 0.15) is 399 Å². The normalized spacial score (nSPS) is 12.7. The van der Waals surface area contributed by atoms with Gasteiger partial charge in [-0.1, -0.05) is 359 Å². The standard InChI is InChI=1S/C74H141NO5/c1-3-5-7-9-11-13-15-16-17-18-34-38-41-44-48-52-56-60-64-68-74(79)80-69-65-61-57-53-49-45-42-39-36-33-31-29-27-25-23-21-19-20-22-24-26-28-30-32-35-37-40-43-47-51-55-59-63-67-73(78)75-71(70-76)72(77)66-62-58-54-50-46-14-12-10-8-6-4-2/h11,13,16-17,62,66,71-72,76-77H,3-10,12,14-15,18-61,63-65,67-70H2,1-2H3,(H,75,78)/b13-11-,17-16-,66-62+. The summed E-state index contributed by atoms with van der Waals surface area (Å²) in [6, 6.07) is -0.623. The van der Waals surface area contributed by atoms with Crippen LogP contribution in [-0.4, -0.2) is 47.4 Å². The van der Waals surface area contributed by atoms with E-state index in [0.29, 0.717) is 19.4 Å². The number of aliphatic hydroxyl groups is 2. The molecule has 472 valence electrons. The summed E-state index contributed by atoms with van der Waals surface area (Å²) in [4.78, 5) is 24.6. The van der Waals surface area contributed by atoms with Gasteiger partial charge < -0.3 is 20.3 Å². The molecule has 0 fully saturated rings. The zero-order valence-corrected chi connectivity index (χ0v) is 54.1. The third-order valence-corrected chi connectivity index (χ3v) is 16.9. The molecule has 2 atom stereocenters. The fourth-order valence-corrected chi connectivity index (χ4v) is 11.4. The largest absolute Gasteiger partial charge is 0.466 e. The van der Waals surface area contributed by atoms with Gasteiger partial charge >= 0.3 is 5.97 Å². The maximum atomic E-state index is 12.4. The Labute approximate surface area is 500 Å². The van der Waals surface area contributed by atoms with Gasteiger partial charge in [0, 0.05) is 12.8 Å². The molecule has 0 aromatic carbocycles. The van der Waals surface area contributed by atoms with Gasteiger partial charge in [-0.05, 0) is 64.2 Å². The minimum atomic E-state index is -0.839. The van der Waals surface area contributed by atoms with Crippen LogP contribution >= 0.6 is 0 Å². The number of esters is 1. The molecule has 0 heterocycles.